The fourth-order valence-electron chi connectivity index (χ4n) is 5.02. The third-order valence-electron chi connectivity index (χ3n) is 6.77. The molecule has 3 aromatic heterocycles. The van der Waals surface area contributed by atoms with Crippen LogP contribution in [-0.2, 0) is 0 Å². The van der Waals surface area contributed by atoms with Gasteiger partial charge in [0.2, 0.25) is 0 Å². The molecule has 0 amide bonds. The number of hydrogen-bond donors (Lipinski definition) is 0. The van der Waals surface area contributed by atoms with Crippen molar-refractivity contribution in [2.24, 2.45) is 0 Å². The molecule has 0 aliphatic rings. The molecule has 0 radical (unpaired) electrons. The van der Waals surface area contributed by atoms with Gasteiger partial charge in [0.25, 0.3) is 0 Å². The molecular weight excluding hydrogens is 438 g/mol. The number of nitrogens with zero attached hydrogens (tertiary/aromatic N) is 3. The average Bonchev–Trinajstić information content (AvgIpc) is 2.97. The Labute approximate surface area is 208 Å². The van der Waals surface area contributed by atoms with Gasteiger partial charge in [0.05, 0.1) is 22.6 Å². The Morgan fingerprint density at radius 2 is 1.08 bits per heavy atom. The van der Waals surface area contributed by atoms with E-state index >= 15 is 0 Å². The summed E-state index contributed by atoms with van der Waals surface area (Å²) in [5, 5.41) is 6.09. The van der Waals surface area contributed by atoms with E-state index in [2.05, 4.69) is 102 Å². The van der Waals surface area contributed by atoms with Crippen LogP contribution >= 0.6 is 0 Å². The predicted molar refractivity (Wildman–Crippen MR) is 149 cm³/mol. The van der Waals surface area contributed by atoms with Crippen molar-refractivity contribution in [3.63, 3.8) is 0 Å². The average molecular weight is 460 g/mol. The van der Waals surface area contributed by atoms with Crippen LogP contribution in [0.25, 0.3) is 66.2 Å². The van der Waals surface area contributed by atoms with Gasteiger partial charge in [-0.15, -0.1) is 0 Å². The molecule has 0 unspecified atom stereocenters. The van der Waals surface area contributed by atoms with Crippen molar-refractivity contribution in [2.45, 2.75) is 0 Å². The van der Waals surface area contributed by atoms with Crippen LogP contribution in [0, 0.1) is 0 Å². The van der Waals surface area contributed by atoms with Gasteiger partial charge in [-0.1, -0.05) is 84.9 Å². The zero-order chi connectivity index (χ0) is 23.9. The van der Waals surface area contributed by atoms with Gasteiger partial charge < -0.3 is 0 Å². The molecule has 0 saturated heterocycles. The van der Waals surface area contributed by atoms with E-state index in [9.17, 15) is 0 Å². The first-order valence-corrected chi connectivity index (χ1v) is 12.0. The minimum Gasteiger partial charge on any atom is -0.265 e. The Kier molecular flexibility index (Phi) is 4.78. The lowest BCUT2D eigenvalue weighted by Gasteiger charge is -2.13. The predicted octanol–water partition coefficient (Wildman–Crippen LogP) is 8.33. The summed E-state index contributed by atoms with van der Waals surface area (Å²) in [6.45, 7) is 0. The van der Waals surface area contributed by atoms with E-state index in [0.717, 1.165) is 44.7 Å². The van der Waals surface area contributed by atoms with E-state index in [4.69, 9.17) is 9.97 Å². The summed E-state index contributed by atoms with van der Waals surface area (Å²) < 4.78 is 0. The van der Waals surface area contributed by atoms with E-state index in [1.165, 1.54) is 21.5 Å². The second-order valence-electron chi connectivity index (χ2n) is 8.91. The summed E-state index contributed by atoms with van der Waals surface area (Å²) in [4.78, 5) is 14.1. The van der Waals surface area contributed by atoms with Crippen LogP contribution in [0.2, 0.25) is 0 Å². The molecule has 36 heavy (non-hydrogen) atoms. The van der Waals surface area contributed by atoms with Crippen molar-refractivity contribution in [3.8, 4) is 33.8 Å². The van der Waals surface area contributed by atoms with E-state index < -0.39 is 0 Å². The maximum Gasteiger partial charge on any atom is 0.0788 e. The standard InChI is InChI=1S/C33H21N3/c1-2-7-26-22(6-1)16-17-28-32(26)27-8-3-4-9-31(27)36-33(28)25-14-12-23(13-15-25)29-10-5-11-30(35-29)24-18-20-34-21-19-24/h1-21H. The molecule has 0 fully saturated rings. The highest BCUT2D eigenvalue weighted by atomic mass is 14.7. The van der Waals surface area contributed by atoms with Crippen LogP contribution < -0.4 is 0 Å². The molecule has 0 aliphatic heterocycles. The van der Waals surface area contributed by atoms with E-state index in [-0.39, 0.29) is 0 Å². The number of benzene rings is 4. The number of fused-ring (bicyclic) bond motifs is 5. The highest BCUT2D eigenvalue weighted by molar-refractivity contribution is 6.22. The summed E-state index contributed by atoms with van der Waals surface area (Å²) in [6, 6.07) is 40.1. The minimum atomic E-state index is 0.938. The maximum atomic E-state index is 5.12. The molecule has 3 heterocycles. The number of hydrogen-bond acceptors (Lipinski definition) is 3. The number of para-hydroxylation sites is 1. The molecule has 0 aliphatic carbocycles. The Balaban J connectivity index is 1.37. The molecule has 0 bridgehead atoms. The van der Waals surface area contributed by atoms with Gasteiger partial charge in [0, 0.05) is 45.2 Å². The number of rotatable bonds is 3. The topological polar surface area (TPSA) is 38.7 Å². The molecule has 0 spiro atoms. The van der Waals surface area contributed by atoms with Gasteiger partial charge in [-0.2, -0.15) is 0 Å². The fourth-order valence-corrected chi connectivity index (χ4v) is 5.02. The first-order valence-electron chi connectivity index (χ1n) is 12.0. The molecule has 7 rings (SSSR count). The van der Waals surface area contributed by atoms with Crippen LogP contribution in [0.4, 0.5) is 0 Å². The number of aromatic nitrogens is 3. The Morgan fingerprint density at radius 1 is 0.417 bits per heavy atom. The summed E-state index contributed by atoms with van der Waals surface area (Å²) in [6.07, 6.45) is 3.59. The lowest BCUT2D eigenvalue weighted by atomic mass is 9.95. The Hall–Kier alpha value is -4.89. The second-order valence-corrected chi connectivity index (χ2v) is 8.91. The van der Waals surface area contributed by atoms with Crippen LogP contribution in [0.3, 0.4) is 0 Å². The van der Waals surface area contributed by atoms with Gasteiger partial charge in [-0.25, -0.2) is 9.97 Å². The lowest BCUT2D eigenvalue weighted by molar-refractivity contribution is 1.29. The molecule has 0 atom stereocenters. The van der Waals surface area contributed by atoms with Crippen LogP contribution in [-0.4, -0.2) is 15.0 Å². The fraction of sp³-hybridized carbons (Fsp3) is 0. The van der Waals surface area contributed by atoms with E-state index in [1.807, 2.05) is 18.2 Å². The molecule has 4 aromatic carbocycles. The molecular formula is C33H21N3. The first kappa shape index (κ1) is 20.5. The molecule has 0 N–H and O–H groups in total. The Bertz CT molecular complexity index is 1860. The van der Waals surface area contributed by atoms with Crippen molar-refractivity contribution in [1.82, 2.24) is 15.0 Å². The molecule has 0 saturated carbocycles. The van der Waals surface area contributed by atoms with Crippen molar-refractivity contribution < 1.29 is 0 Å². The normalized spacial score (nSPS) is 11.3. The first-order chi connectivity index (χ1) is 17.8. The molecule has 3 heteroatoms. The molecule has 168 valence electrons. The summed E-state index contributed by atoms with van der Waals surface area (Å²) >= 11 is 0. The van der Waals surface area contributed by atoms with Gasteiger partial charge in [0.15, 0.2) is 0 Å². The summed E-state index contributed by atoms with van der Waals surface area (Å²) in [5.74, 6) is 0. The smallest absolute Gasteiger partial charge is 0.0788 e. The van der Waals surface area contributed by atoms with E-state index in [0.29, 0.717) is 0 Å². The van der Waals surface area contributed by atoms with Crippen molar-refractivity contribution in [1.29, 1.82) is 0 Å². The van der Waals surface area contributed by atoms with E-state index in [1.54, 1.807) is 12.4 Å². The molecule has 7 aromatic rings. The highest BCUT2D eigenvalue weighted by Crippen LogP contribution is 2.37. The SMILES string of the molecule is c1cc(-c2ccncc2)nc(-c2ccc(-c3nc4ccccc4c4c3ccc3ccccc34)cc2)c1. The monoisotopic (exact) mass is 459 g/mol. The van der Waals surface area contributed by atoms with Gasteiger partial charge >= 0.3 is 0 Å². The summed E-state index contributed by atoms with van der Waals surface area (Å²) in [5.41, 5.74) is 7.11. The van der Waals surface area contributed by atoms with Crippen molar-refractivity contribution in [2.75, 3.05) is 0 Å². The third kappa shape index (κ3) is 3.41. The van der Waals surface area contributed by atoms with Gasteiger partial charge in [0.1, 0.15) is 0 Å². The zero-order valence-corrected chi connectivity index (χ0v) is 19.5. The van der Waals surface area contributed by atoms with Crippen molar-refractivity contribution in [3.05, 3.63) is 128 Å². The van der Waals surface area contributed by atoms with Gasteiger partial charge in [-0.3, -0.25) is 4.98 Å². The van der Waals surface area contributed by atoms with Crippen LogP contribution in [0.1, 0.15) is 0 Å². The maximum absolute atomic E-state index is 5.12. The van der Waals surface area contributed by atoms with Crippen molar-refractivity contribution >= 4 is 32.4 Å². The lowest BCUT2D eigenvalue weighted by Crippen LogP contribution is -1.92. The third-order valence-corrected chi connectivity index (χ3v) is 6.77. The molecule has 3 nitrogen and oxygen atoms in total. The zero-order valence-electron chi connectivity index (χ0n) is 19.5. The largest absolute Gasteiger partial charge is 0.265 e. The van der Waals surface area contributed by atoms with Crippen LogP contribution in [0.5, 0.6) is 0 Å². The number of pyridine rings is 3. The second kappa shape index (κ2) is 8.40. The quantitative estimate of drug-likeness (QED) is 0.249. The van der Waals surface area contributed by atoms with Gasteiger partial charge in [-0.05, 0) is 41.1 Å². The highest BCUT2D eigenvalue weighted by Gasteiger charge is 2.13. The summed E-state index contributed by atoms with van der Waals surface area (Å²) in [7, 11) is 0. The Morgan fingerprint density at radius 3 is 1.89 bits per heavy atom. The minimum absolute atomic E-state index is 0.938. The van der Waals surface area contributed by atoms with Crippen LogP contribution in [0.15, 0.2) is 128 Å².